The predicted molar refractivity (Wildman–Crippen MR) is 72.8 cm³/mol. The van der Waals surface area contributed by atoms with Gasteiger partial charge in [-0.05, 0) is 0 Å². The summed E-state index contributed by atoms with van der Waals surface area (Å²) in [7, 11) is 0. The van der Waals surface area contributed by atoms with Gasteiger partial charge in [0.1, 0.15) is 0 Å². The van der Waals surface area contributed by atoms with Gasteiger partial charge in [-0.25, -0.2) is 0 Å². The number of hydrogen-bond donors (Lipinski definition) is 1. The van der Waals surface area contributed by atoms with Gasteiger partial charge >= 0.3 is 106 Å². The fourth-order valence-electron chi connectivity index (χ4n) is 2.06. The normalized spacial score (nSPS) is 13.7. The molecule has 2 nitrogen and oxygen atoms in total. The van der Waals surface area contributed by atoms with E-state index in [1.165, 1.54) is 20.1 Å². The zero-order valence-electron chi connectivity index (χ0n) is 9.68. The molecule has 2 aromatic carbocycles. The van der Waals surface area contributed by atoms with Gasteiger partial charge in [0.05, 0.1) is 0 Å². The van der Waals surface area contributed by atoms with Crippen molar-refractivity contribution in [2.24, 2.45) is 0 Å². The Kier molecular flexibility index (Phi) is 2.92. The van der Waals surface area contributed by atoms with Crippen LogP contribution >= 0.6 is 0 Å². The number of anilines is 2. The number of nitrogens with one attached hydrogen (secondary N) is 1. The monoisotopic (exact) mass is 287 g/mol. The molecule has 86 valence electrons. The van der Waals surface area contributed by atoms with Crippen molar-refractivity contribution in [3.63, 3.8) is 0 Å². The first-order chi connectivity index (χ1) is 8.40. The van der Waals surface area contributed by atoms with Crippen molar-refractivity contribution in [1.82, 2.24) is 0 Å². The Morgan fingerprint density at radius 2 is 1.47 bits per heavy atom. The van der Waals surface area contributed by atoms with Gasteiger partial charge in [-0.3, -0.25) is 0 Å². The Balaban J connectivity index is 2.13. The van der Waals surface area contributed by atoms with E-state index >= 15 is 0 Å². The van der Waals surface area contributed by atoms with Crippen LogP contribution in [-0.4, -0.2) is 21.6 Å². The van der Waals surface area contributed by atoms with Gasteiger partial charge in [-0.15, -0.1) is 0 Å². The van der Waals surface area contributed by atoms with E-state index in [1.807, 2.05) is 0 Å². The molecule has 0 bridgehead atoms. The van der Waals surface area contributed by atoms with Gasteiger partial charge < -0.3 is 0 Å². The Hall–Kier alpha value is -1.24. The molecule has 0 unspecified atom stereocenters. The second-order valence-electron chi connectivity index (χ2n) is 3.87. The van der Waals surface area contributed by atoms with E-state index in [0.29, 0.717) is 0 Å². The van der Waals surface area contributed by atoms with Crippen molar-refractivity contribution in [1.29, 1.82) is 0 Å². The fraction of sp³-hybridized carbons (Fsp3) is 0.143. The third-order valence-electron chi connectivity index (χ3n) is 2.77. The van der Waals surface area contributed by atoms with Crippen molar-refractivity contribution in [3.8, 4) is 0 Å². The van der Waals surface area contributed by atoms with Crippen molar-refractivity contribution >= 4 is 35.1 Å². The fourth-order valence-corrected chi connectivity index (χ4v) is 6.12. The van der Waals surface area contributed by atoms with Gasteiger partial charge in [-0.2, -0.15) is 0 Å². The summed E-state index contributed by atoms with van der Waals surface area (Å²) in [6.07, 6.45) is 0. The summed E-state index contributed by atoms with van der Waals surface area (Å²) in [5, 5.41) is 3.49. The molecule has 0 spiro atoms. The molecular formula is C14H14AsNO. The van der Waals surface area contributed by atoms with Gasteiger partial charge in [0.15, 0.2) is 0 Å². The topological polar surface area (TPSA) is 21.3 Å². The zero-order valence-corrected chi connectivity index (χ0v) is 11.6. The summed E-state index contributed by atoms with van der Waals surface area (Å²) < 4.78 is 8.76. The summed E-state index contributed by atoms with van der Waals surface area (Å²) in [5.41, 5.74) is 2.42. The summed E-state index contributed by atoms with van der Waals surface area (Å²) >= 11 is -1.56. The van der Waals surface area contributed by atoms with Crippen molar-refractivity contribution in [3.05, 3.63) is 48.5 Å². The van der Waals surface area contributed by atoms with E-state index < -0.39 is 15.0 Å². The van der Waals surface area contributed by atoms with Crippen LogP contribution in [-0.2, 0) is 3.73 Å². The van der Waals surface area contributed by atoms with Crippen LogP contribution in [0, 0.1) is 0 Å². The van der Waals surface area contributed by atoms with E-state index in [0.717, 1.165) is 6.61 Å². The zero-order chi connectivity index (χ0) is 11.7. The van der Waals surface area contributed by atoms with Crippen molar-refractivity contribution < 1.29 is 3.73 Å². The molecule has 0 amide bonds. The molecule has 0 aliphatic carbocycles. The van der Waals surface area contributed by atoms with Gasteiger partial charge in [0, 0.05) is 0 Å². The minimum atomic E-state index is -1.56. The van der Waals surface area contributed by atoms with Gasteiger partial charge in [0.25, 0.3) is 0 Å². The van der Waals surface area contributed by atoms with Crippen LogP contribution < -0.4 is 14.0 Å². The molecule has 3 rings (SSSR count). The third kappa shape index (κ3) is 1.88. The number of rotatable bonds is 2. The summed E-state index contributed by atoms with van der Waals surface area (Å²) in [6.45, 7) is 2.85. The SMILES string of the molecule is CCO[As]1c2ccccc2Nc2ccccc21. The molecule has 3 heteroatoms. The molecule has 0 saturated heterocycles. The number of benzene rings is 2. The molecular weight excluding hydrogens is 273 g/mol. The molecule has 0 saturated carbocycles. The molecule has 1 aliphatic rings. The molecule has 1 aliphatic heterocycles. The third-order valence-corrected chi connectivity index (χ3v) is 7.33. The van der Waals surface area contributed by atoms with Crippen LogP contribution in [0.4, 0.5) is 11.4 Å². The van der Waals surface area contributed by atoms with Crippen molar-refractivity contribution in [2.45, 2.75) is 6.92 Å². The summed E-state index contributed by atoms with van der Waals surface area (Å²) in [6, 6.07) is 17.0. The number of hydrogen-bond acceptors (Lipinski definition) is 2. The summed E-state index contributed by atoms with van der Waals surface area (Å²) in [4.78, 5) is 0. The molecule has 17 heavy (non-hydrogen) atoms. The first kappa shape index (κ1) is 10.9. The van der Waals surface area contributed by atoms with Crippen molar-refractivity contribution in [2.75, 3.05) is 11.9 Å². The van der Waals surface area contributed by atoms with E-state index in [-0.39, 0.29) is 0 Å². The Morgan fingerprint density at radius 1 is 0.941 bits per heavy atom. The Labute approximate surface area is 106 Å². The number of para-hydroxylation sites is 2. The molecule has 0 fully saturated rings. The number of fused-ring (bicyclic) bond motifs is 2. The Bertz CT molecular complexity index is 496. The maximum absolute atomic E-state index is 6.04. The van der Waals surface area contributed by atoms with Crippen LogP contribution in [0.5, 0.6) is 0 Å². The summed E-state index contributed by atoms with van der Waals surface area (Å²) in [5.74, 6) is 0. The predicted octanol–water partition coefficient (Wildman–Crippen LogP) is 1.89. The first-order valence-electron chi connectivity index (χ1n) is 5.78. The Morgan fingerprint density at radius 3 is 2.00 bits per heavy atom. The van der Waals surface area contributed by atoms with Crippen LogP contribution in [0.15, 0.2) is 48.5 Å². The molecule has 2 aromatic rings. The standard InChI is InChI=1S/C14H14AsNO/c1-2-17-15-11-7-3-5-9-13(11)16-14-10-6-4-8-12(14)15/h3-10,16H,2H2,1H3. The van der Waals surface area contributed by atoms with Crippen LogP contribution in [0.2, 0.25) is 0 Å². The maximum atomic E-state index is 6.04. The van der Waals surface area contributed by atoms with E-state index in [9.17, 15) is 0 Å². The van der Waals surface area contributed by atoms with E-state index in [1.54, 1.807) is 0 Å². The van der Waals surface area contributed by atoms with E-state index in [2.05, 4.69) is 60.8 Å². The first-order valence-corrected chi connectivity index (χ1v) is 8.42. The van der Waals surface area contributed by atoms with Crippen LogP contribution in [0.25, 0.3) is 0 Å². The quantitative estimate of drug-likeness (QED) is 0.852. The average Bonchev–Trinajstić information content (AvgIpc) is 2.39. The van der Waals surface area contributed by atoms with Gasteiger partial charge in [0.2, 0.25) is 0 Å². The molecule has 0 radical (unpaired) electrons. The van der Waals surface area contributed by atoms with Gasteiger partial charge in [-0.1, -0.05) is 0 Å². The van der Waals surface area contributed by atoms with E-state index in [4.69, 9.17) is 3.73 Å². The molecule has 0 atom stereocenters. The van der Waals surface area contributed by atoms with Crippen LogP contribution in [0.3, 0.4) is 0 Å². The second-order valence-corrected chi connectivity index (χ2v) is 7.67. The average molecular weight is 287 g/mol. The molecule has 1 N–H and O–H groups in total. The van der Waals surface area contributed by atoms with Crippen LogP contribution in [0.1, 0.15) is 6.92 Å². The second kappa shape index (κ2) is 4.56. The minimum absolute atomic E-state index is 0.780. The molecule has 0 aromatic heterocycles. The molecule has 1 heterocycles.